The molecular weight excluding hydrogens is 473 g/mol. The number of piperazine rings is 1. The number of carboxylic acid groups (broad SMARTS) is 1. The average Bonchev–Trinajstić information content (AvgIpc) is 2.86. The highest BCUT2D eigenvalue weighted by Gasteiger charge is 2.31. The minimum atomic E-state index is -1.13. The van der Waals surface area contributed by atoms with Gasteiger partial charge in [0.25, 0.3) is 5.91 Å². The summed E-state index contributed by atoms with van der Waals surface area (Å²) in [6.45, 7) is 4.48. The number of benzene rings is 1. The Hall–Kier alpha value is -4.09. The van der Waals surface area contributed by atoms with Gasteiger partial charge in [0.1, 0.15) is 17.6 Å². The van der Waals surface area contributed by atoms with Crippen LogP contribution in [-0.4, -0.2) is 87.6 Å². The molecule has 2 aromatic rings. The number of halogens is 1. The third kappa shape index (κ3) is 6.74. The Morgan fingerprint density at radius 3 is 2.42 bits per heavy atom. The summed E-state index contributed by atoms with van der Waals surface area (Å²) in [5, 5.41) is 11.7. The van der Waals surface area contributed by atoms with Gasteiger partial charge in [0, 0.05) is 38.3 Å². The molecule has 1 aromatic heterocycles. The fourth-order valence-corrected chi connectivity index (χ4v) is 3.75. The smallest absolute Gasteiger partial charge is 0.409 e. The Morgan fingerprint density at radius 2 is 1.78 bits per heavy atom. The van der Waals surface area contributed by atoms with Crippen molar-refractivity contribution < 1.29 is 33.4 Å². The Balaban J connectivity index is 1.75. The second-order valence-electron chi connectivity index (χ2n) is 8.17. The number of carbonyl (C=O) groups is 4. The summed E-state index contributed by atoms with van der Waals surface area (Å²) < 4.78 is 19.2. The van der Waals surface area contributed by atoms with Crippen molar-refractivity contribution in [3.63, 3.8) is 0 Å². The molecule has 11 nitrogen and oxygen atoms in total. The zero-order valence-corrected chi connectivity index (χ0v) is 20.1. The van der Waals surface area contributed by atoms with Crippen molar-refractivity contribution in [1.29, 1.82) is 0 Å². The van der Waals surface area contributed by atoms with E-state index in [1.807, 2.05) is 0 Å². The molecule has 0 radical (unpaired) electrons. The van der Waals surface area contributed by atoms with Gasteiger partial charge in [-0.3, -0.25) is 14.4 Å². The van der Waals surface area contributed by atoms with E-state index in [0.717, 1.165) is 0 Å². The van der Waals surface area contributed by atoms with Crippen molar-refractivity contribution >= 4 is 23.9 Å². The van der Waals surface area contributed by atoms with E-state index in [9.17, 15) is 23.6 Å². The predicted molar refractivity (Wildman–Crippen MR) is 125 cm³/mol. The Labute approximate surface area is 207 Å². The lowest BCUT2D eigenvalue weighted by atomic mass is 10.1. The fourth-order valence-electron chi connectivity index (χ4n) is 3.75. The molecule has 1 aromatic carbocycles. The average molecular weight is 502 g/mol. The van der Waals surface area contributed by atoms with Gasteiger partial charge in [-0.1, -0.05) is 12.1 Å². The zero-order chi connectivity index (χ0) is 26.2. The molecule has 2 N–H and O–H groups in total. The van der Waals surface area contributed by atoms with Crippen molar-refractivity contribution in [2.45, 2.75) is 32.7 Å². The molecule has 2 heterocycles. The van der Waals surface area contributed by atoms with E-state index in [1.165, 1.54) is 34.1 Å². The summed E-state index contributed by atoms with van der Waals surface area (Å²) in [4.78, 5) is 60.6. The molecule has 1 aliphatic heterocycles. The van der Waals surface area contributed by atoms with Gasteiger partial charge in [0.15, 0.2) is 5.82 Å². The van der Waals surface area contributed by atoms with E-state index in [0.29, 0.717) is 5.69 Å². The van der Waals surface area contributed by atoms with Gasteiger partial charge in [-0.25, -0.2) is 19.2 Å². The molecule has 192 valence electrons. The molecule has 0 saturated carbocycles. The predicted octanol–water partition coefficient (Wildman–Crippen LogP) is 1.86. The molecular formula is C24H28FN5O6. The normalized spacial score (nSPS) is 14.2. The molecule has 36 heavy (non-hydrogen) atoms. The molecule has 1 fully saturated rings. The number of hydrogen-bond donors (Lipinski definition) is 2. The number of carboxylic acids is 1. The largest absolute Gasteiger partial charge is 0.481 e. The van der Waals surface area contributed by atoms with Crippen molar-refractivity contribution in [2.75, 3.05) is 32.8 Å². The molecule has 3 amide bonds. The van der Waals surface area contributed by atoms with Crippen LogP contribution in [0.15, 0.2) is 30.3 Å². The molecule has 0 spiro atoms. The van der Waals surface area contributed by atoms with Crippen LogP contribution in [0.5, 0.6) is 0 Å². The number of carbonyl (C=O) groups excluding carboxylic acids is 3. The van der Waals surface area contributed by atoms with Gasteiger partial charge < -0.3 is 25.0 Å². The highest BCUT2D eigenvalue weighted by molar-refractivity contribution is 5.96. The van der Waals surface area contributed by atoms with E-state index < -0.39 is 35.7 Å². The van der Waals surface area contributed by atoms with Gasteiger partial charge in [-0.05, 0) is 38.5 Å². The third-order valence-corrected chi connectivity index (χ3v) is 5.57. The molecule has 12 heteroatoms. The maximum atomic E-state index is 14.2. The molecule has 0 unspecified atom stereocenters. The summed E-state index contributed by atoms with van der Waals surface area (Å²) in [6, 6.07) is 6.15. The minimum Gasteiger partial charge on any atom is -0.481 e. The van der Waals surface area contributed by atoms with Crippen LogP contribution in [0.25, 0.3) is 11.4 Å². The van der Waals surface area contributed by atoms with E-state index in [4.69, 9.17) is 9.84 Å². The zero-order valence-electron chi connectivity index (χ0n) is 20.1. The van der Waals surface area contributed by atoms with Crippen molar-refractivity contribution in [3.05, 3.63) is 47.5 Å². The topological polar surface area (TPSA) is 142 Å². The van der Waals surface area contributed by atoms with Crippen LogP contribution >= 0.6 is 0 Å². The second-order valence-corrected chi connectivity index (χ2v) is 8.17. The molecule has 1 atom stereocenters. The Bertz CT molecular complexity index is 1140. The summed E-state index contributed by atoms with van der Waals surface area (Å²) in [5.74, 6) is -2.83. The summed E-state index contributed by atoms with van der Waals surface area (Å²) in [5.41, 5.74) is 0.450. The molecule has 0 aliphatic carbocycles. The van der Waals surface area contributed by atoms with Crippen LogP contribution in [-0.2, 0) is 14.3 Å². The highest BCUT2D eigenvalue weighted by atomic mass is 19.1. The van der Waals surface area contributed by atoms with Crippen LogP contribution < -0.4 is 5.32 Å². The van der Waals surface area contributed by atoms with Gasteiger partial charge >= 0.3 is 12.1 Å². The number of aryl methyl sites for hydroxylation is 1. The van der Waals surface area contributed by atoms with Crippen molar-refractivity contribution in [3.8, 4) is 11.4 Å². The number of aliphatic carboxylic acids is 1. The van der Waals surface area contributed by atoms with Gasteiger partial charge in [0.2, 0.25) is 5.91 Å². The Kier molecular flexibility index (Phi) is 8.87. The van der Waals surface area contributed by atoms with E-state index >= 15 is 0 Å². The lowest BCUT2D eigenvalue weighted by molar-refractivity contribution is -0.138. The maximum absolute atomic E-state index is 14.2. The second kappa shape index (κ2) is 12.0. The molecule has 1 saturated heterocycles. The first-order valence-electron chi connectivity index (χ1n) is 11.5. The standard InChI is InChI=1S/C24H28FN5O6/c1-3-36-24(35)30-12-10-29(11-13-30)23(34)18(8-9-20(31)32)28-22(33)19-14-15(2)26-21(27-19)16-6-4-5-7-17(16)25/h4-7,14,18H,3,8-13H2,1-2H3,(H,28,33)(H,31,32)/t18-/m0/s1. The van der Waals surface area contributed by atoms with Crippen LogP contribution in [0.1, 0.15) is 35.9 Å². The summed E-state index contributed by atoms with van der Waals surface area (Å²) in [7, 11) is 0. The molecule has 0 bridgehead atoms. The van der Waals surface area contributed by atoms with Gasteiger partial charge in [-0.15, -0.1) is 0 Å². The number of hydrogen-bond acceptors (Lipinski definition) is 7. The summed E-state index contributed by atoms with van der Waals surface area (Å²) >= 11 is 0. The monoisotopic (exact) mass is 501 g/mol. The van der Waals surface area contributed by atoms with Crippen LogP contribution in [0, 0.1) is 12.7 Å². The fraction of sp³-hybridized carbons (Fsp3) is 0.417. The van der Waals surface area contributed by atoms with E-state index in [2.05, 4.69) is 15.3 Å². The lowest BCUT2D eigenvalue weighted by Gasteiger charge is -2.35. The first kappa shape index (κ1) is 26.5. The number of rotatable bonds is 8. The SMILES string of the molecule is CCOC(=O)N1CCN(C(=O)[C@H](CCC(=O)O)NC(=O)c2cc(C)nc(-c3ccccc3F)n2)CC1. The van der Waals surface area contributed by atoms with Crippen molar-refractivity contribution in [2.24, 2.45) is 0 Å². The molecule has 3 rings (SSSR count). The quantitative estimate of drug-likeness (QED) is 0.558. The number of aromatic nitrogens is 2. The van der Waals surface area contributed by atoms with Crippen LogP contribution in [0.3, 0.4) is 0 Å². The highest BCUT2D eigenvalue weighted by Crippen LogP contribution is 2.20. The Morgan fingerprint density at radius 1 is 1.11 bits per heavy atom. The first-order chi connectivity index (χ1) is 17.2. The number of nitrogens with zero attached hydrogens (tertiary/aromatic N) is 4. The number of ether oxygens (including phenoxy) is 1. The van der Waals surface area contributed by atoms with Gasteiger partial charge in [0.05, 0.1) is 12.2 Å². The van der Waals surface area contributed by atoms with Gasteiger partial charge in [-0.2, -0.15) is 0 Å². The minimum absolute atomic E-state index is 0.0155. The lowest BCUT2D eigenvalue weighted by Crippen LogP contribution is -2.56. The van der Waals surface area contributed by atoms with Crippen LogP contribution in [0.2, 0.25) is 0 Å². The van der Waals surface area contributed by atoms with E-state index in [-0.39, 0.29) is 62.7 Å². The third-order valence-electron chi connectivity index (χ3n) is 5.57. The summed E-state index contributed by atoms with van der Waals surface area (Å²) in [6.07, 6.45) is -0.949. The molecule has 1 aliphatic rings. The first-order valence-corrected chi connectivity index (χ1v) is 11.5. The van der Waals surface area contributed by atoms with E-state index in [1.54, 1.807) is 19.9 Å². The van der Waals surface area contributed by atoms with Crippen LogP contribution in [0.4, 0.5) is 9.18 Å². The number of amides is 3. The maximum Gasteiger partial charge on any atom is 0.409 e. The van der Waals surface area contributed by atoms with Crippen molar-refractivity contribution in [1.82, 2.24) is 25.1 Å². The number of nitrogens with one attached hydrogen (secondary N) is 1.